The van der Waals surface area contributed by atoms with Crippen molar-refractivity contribution in [2.24, 2.45) is 0 Å². The molecule has 2 aliphatic heterocycles. The van der Waals surface area contributed by atoms with Crippen molar-refractivity contribution < 1.29 is 14.8 Å². The summed E-state index contributed by atoms with van der Waals surface area (Å²) in [5.41, 5.74) is 0.00548. The predicted molar refractivity (Wildman–Crippen MR) is 86.5 cm³/mol. The van der Waals surface area contributed by atoms with Crippen molar-refractivity contribution in [3.8, 4) is 5.75 Å². The van der Waals surface area contributed by atoms with Crippen molar-refractivity contribution in [1.82, 2.24) is 4.90 Å². The molecule has 0 radical (unpaired) electrons. The maximum Gasteiger partial charge on any atom is 0.270 e. The van der Waals surface area contributed by atoms with E-state index in [0.717, 1.165) is 12.8 Å². The Bertz CT molecular complexity index is 621. The van der Waals surface area contributed by atoms with E-state index in [0.29, 0.717) is 23.4 Å². The van der Waals surface area contributed by atoms with Crippen LogP contribution in [0.1, 0.15) is 52.1 Å². The SMILES string of the molecule is C[C@@H]1CC[C@@H](C)N1C1c2cc([N+](=O)[O-])ccc2OC(C)(C)C1O. The number of benzene rings is 1. The average molecular weight is 320 g/mol. The third kappa shape index (κ3) is 2.60. The largest absolute Gasteiger partial charge is 0.485 e. The number of nitro benzene ring substituents is 1. The molecule has 0 spiro atoms. The van der Waals surface area contributed by atoms with E-state index in [1.165, 1.54) is 6.07 Å². The molecule has 6 heteroatoms. The summed E-state index contributed by atoms with van der Waals surface area (Å²) in [4.78, 5) is 13.0. The number of hydrogen-bond acceptors (Lipinski definition) is 5. The topological polar surface area (TPSA) is 75.8 Å². The number of non-ortho nitro benzene ring substituents is 1. The van der Waals surface area contributed by atoms with Gasteiger partial charge in [-0.25, -0.2) is 0 Å². The first-order valence-electron chi connectivity index (χ1n) is 8.15. The summed E-state index contributed by atoms with van der Waals surface area (Å²) in [6.07, 6.45) is 1.38. The quantitative estimate of drug-likeness (QED) is 0.669. The van der Waals surface area contributed by atoms with Crippen LogP contribution in [0.3, 0.4) is 0 Å². The number of aliphatic hydroxyl groups excluding tert-OH is 1. The van der Waals surface area contributed by atoms with E-state index >= 15 is 0 Å². The number of nitrogens with zero attached hydrogens (tertiary/aromatic N) is 2. The molecule has 0 amide bonds. The second-order valence-electron chi connectivity index (χ2n) is 7.30. The van der Waals surface area contributed by atoms with Gasteiger partial charge in [0.05, 0.1) is 11.0 Å². The van der Waals surface area contributed by atoms with Gasteiger partial charge in [-0.3, -0.25) is 15.0 Å². The molecule has 1 aromatic carbocycles. The average Bonchev–Trinajstić information content (AvgIpc) is 2.79. The molecular weight excluding hydrogens is 296 g/mol. The molecule has 4 atom stereocenters. The Balaban J connectivity index is 2.13. The van der Waals surface area contributed by atoms with E-state index in [1.54, 1.807) is 12.1 Å². The zero-order chi connectivity index (χ0) is 16.9. The molecule has 23 heavy (non-hydrogen) atoms. The van der Waals surface area contributed by atoms with Gasteiger partial charge in [0.15, 0.2) is 0 Å². The van der Waals surface area contributed by atoms with Crippen molar-refractivity contribution in [2.75, 3.05) is 0 Å². The molecule has 3 rings (SSSR count). The number of hydrogen-bond donors (Lipinski definition) is 1. The van der Waals surface area contributed by atoms with Gasteiger partial charge in [-0.2, -0.15) is 0 Å². The fraction of sp³-hybridized carbons (Fsp3) is 0.647. The van der Waals surface area contributed by atoms with Gasteiger partial charge in [0.2, 0.25) is 0 Å². The van der Waals surface area contributed by atoms with Gasteiger partial charge in [0.1, 0.15) is 17.5 Å². The number of likely N-dealkylation sites (tertiary alicyclic amines) is 1. The zero-order valence-corrected chi connectivity index (χ0v) is 14.0. The normalized spacial score (nSPS) is 33.1. The van der Waals surface area contributed by atoms with Crippen LogP contribution in [0.15, 0.2) is 18.2 Å². The van der Waals surface area contributed by atoms with Crippen molar-refractivity contribution in [2.45, 2.75) is 70.4 Å². The van der Waals surface area contributed by atoms with Crippen molar-refractivity contribution in [3.63, 3.8) is 0 Å². The number of nitro groups is 1. The Hall–Kier alpha value is -1.66. The minimum absolute atomic E-state index is 0.0313. The van der Waals surface area contributed by atoms with Crippen LogP contribution in [0, 0.1) is 10.1 Å². The molecule has 2 unspecified atom stereocenters. The fourth-order valence-corrected chi connectivity index (χ4v) is 3.95. The number of ether oxygens (including phenoxy) is 1. The smallest absolute Gasteiger partial charge is 0.270 e. The molecule has 1 saturated heterocycles. The molecule has 1 fully saturated rings. The molecule has 0 aromatic heterocycles. The van der Waals surface area contributed by atoms with Crippen LogP contribution in [-0.2, 0) is 0 Å². The standard InChI is InChI=1S/C17H24N2O4/c1-10-5-6-11(2)18(10)15-13-9-12(19(21)22)7-8-14(13)23-17(3,4)16(15)20/h7-11,15-16,20H,5-6H2,1-4H3/t10-,11-,15?,16?/m1/s1. The summed E-state index contributed by atoms with van der Waals surface area (Å²) in [5.74, 6) is 0.627. The highest BCUT2D eigenvalue weighted by molar-refractivity contribution is 5.48. The highest BCUT2D eigenvalue weighted by atomic mass is 16.6. The van der Waals surface area contributed by atoms with Gasteiger partial charge >= 0.3 is 0 Å². The first-order chi connectivity index (χ1) is 10.7. The number of aliphatic hydroxyl groups is 1. The lowest BCUT2D eigenvalue weighted by atomic mass is 9.84. The van der Waals surface area contributed by atoms with E-state index in [4.69, 9.17) is 4.74 Å². The van der Waals surface area contributed by atoms with Crippen LogP contribution in [0.2, 0.25) is 0 Å². The summed E-state index contributed by atoms with van der Waals surface area (Å²) in [7, 11) is 0. The van der Waals surface area contributed by atoms with Gasteiger partial charge in [-0.05, 0) is 46.6 Å². The molecule has 0 saturated carbocycles. The second-order valence-corrected chi connectivity index (χ2v) is 7.30. The lowest BCUT2D eigenvalue weighted by Gasteiger charge is -2.47. The van der Waals surface area contributed by atoms with Gasteiger partial charge in [-0.15, -0.1) is 0 Å². The van der Waals surface area contributed by atoms with E-state index in [2.05, 4.69) is 18.7 Å². The van der Waals surface area contributed by atoms with E-state index < -0.39 is 16.6 Å². The molecule has 0 bridgehead atoms. The zero-order valence-electron chi connectivity index (χ0n) is 14.0. The lowest BCUT2D eigenvalue weighted by molar-refractivity contribution is -0.385. The summed E-state index contributed by atoms with van der Waals surface area (Å²) in [6, 6.07) is 5.02. The predicted octanol–water partition coefficient (Wildman–Crippen LogP) is 3.04. The van der Waals surface area contributed by atoms with Crippen LogP contribution in [-0.4, -0.2) is 38.7 Å². The van der Waals surface area contributed by atoms with E-state index in [9.17, 15) is 15.2 Å². The molecule has 126 valence electrons. The third-order valence-corrected chi connectivity index (χ3v) is 5.25. The Morgan fingerprint density at radius 2 is 1.91 bits per heavy atom. The summed E-state index contributed by atoms with van der Waals surface area (Å²) in [6.45, 7) is 8.02. The Morgan fingerprint density at radius 3 is 2.48 bits per heavy atom. The molecular formula is C17H24N2O4. The molecule has 2 aliphatic rings. The fourth-order valence-electron chi connectivity index (χ4n) is 3.95. The molecule has 0 aliphatic carbocycles. The number of rotatable bonds is 2. The first kappa shape index (κ1) is 16.2. The summed E-state index contributed by atoms with van der Waals surface area (Å²) < 4.78 is 5.93. The lowest BCUT2D eigenvalue weighted by Crippen LogP contribution is -2.55. The van der Waals surface area contributed by atoms with Crippen molar-refractivity contribution in [3.05, 3.63) is 33.9 Å². The van der Waals surface area contributed by atoms with Crippen LogP contribution in [0.4, 0.5) is 5.69 Å². The Labute approximate surface area is 136 Å². The van der Waals surface area contributed by atoms with Crippen molar-refractivity contribution >= 4 is 5.69 Å². The minimum atomic E-state index is -0.750. The maximum absolute atomic E-state index is 11.1. The monoisotopic (exact) mass is 320 g/mol. The second kappa shape index (κ2) is 5.46. The van der Waals surface area contributed by atoms with Gasteiger partial charge in [-0.1, -0.05) is 0 Å². The molecule has 2 heterocycles. The molecule has 6 nitrogen and oxygen atoms in total. The van der Waals surface area contributed by atoms with Gasteiger partial charge in [0.25, 0.3) is 5.69 Å². The minimum Gasteiger partial charge on any atom is -0.485 e. The third-order valence-electron chi connectivity index (χ3n) is 5.25. The highest BCUT2D eigenvalue weighted by Crippen LogP contribution is 2.47. The summed E-state index contributed by atoms with van der Waals surface area (Å²) in [5, 5.41) is 22.1. The molecule has 1 N–H and O–H groups in total. The summed E-state index contributed by atoms with van der Waals surface area (Å²) >= 11 is 0. The van der Waals surface area contributed by atoms with Gasteiger partial charge < -0.3 is 9.84 Å². The van der Waals surface area contributed by atoms with Crippen LogP contribution < -0.4 is 4.74 Å². The first-order valence-corrected chi connectivity index (χ1v) is 8.15. The van der Waals surface area contributed by atoms with Crippen LogP contribution >= 0.6 is 0 Å². The Kier molecular flexibility index (Phi) is 3.84. The van der Waals surface area contributed by atoms with Gasteiger partial charge in [0, 0.05) is 29.8 Å². The van der Waals surface area contributed by atoms with Crippen LogP contribution in [0.25, 0.3) is 0 Å². The van der Waals surface area contributed by atoms with Crippen LogP contribution in [0.5, 0.6) is 5.75 Å². The van der Waals surface area contributed by atoms with E-state index in [-0.39, 0.29) is 11.7 Å². The van der Waals surface area contributed by atoms with Crippen molar-refractivity contribution in [1.29, 1.82) is 0 Å². The number of fused-ring (bicyclic) bond motifs is 1. The molecule has 1 aromatic rings. The maximum atomic E-state index is 11.1. The Morgan fingerprint density at radius 1 is 1.30 bits per heavy atom. The highest BCUT2D eigenvalue weighted by Gasteiger charge is 2.49. The van der Waals surface area contributed by atoms with E-state index in [1.807, 2.05) is 13.8 Å².